The van der Waals surface area contributed by atoms with Gasteiger partial charge >= 0.3 is 5.25 Å². The lowest BCUT2D eigenvalue weighted by molar-refractivity contribution is -0.433. The zero-order valence-corrected chi connectivity index (χ0v) is 13.1. The summed E-state index contributed by atoms with van der Waals surface area (Å²) in [6.07, 6.45) is 5.51. The normalized spacial score (nSPS) is 38.6. The number of halogens is 2. The summed E-state index contributed by atoms with van der Waals surface area (Å²) in [6.45, 7) is 0.754. The predicted molar refractivity (Wildman–Crippen MR) is 74.7 cm³/mol. The van der Waals surface area contributed by atoms with Gasteiger partial charge in [-0.3, -0.25) is 0 Å². The fraction of sp³-hybridized carbons (Fsp3) is 1.00. The number of hydrogen-bond donors (Lipinski definition) is 1. The largest absolute Gasteiger partial charge is 0.353 e. The third kappa shape index (κ3) is 4.10. The molecule has 8 heteroatoms. The van der Waals surface area contributed by atoms with Crippen molar-refractivity contribution in [2.45, 2.75) is 62.6 Å². The maximum Gasteiger partial charge on any atom is 0.321 e. The van der Waals surface area contributed by atoms with Gasteiger partial charge in [0, 0.05) is 13.0 Å². The van der Waals surface area contributed by atoms with Crippen LogP contribution in [0.1, 0.15) is 44.9 Å². The van der Waals surface area contributed by atoms with Crippen molar-refractivity contribution >= 4 is 12.0 Å². The van der Waals surface area contributed by atoms with E-state index in [9.17, 15) is 8.78 Å². The maximum absolute atomic E-state index is 13.7. The van der Waals surface area contributed by atoms with E-state index in [0.29, 0.717) is 5.92 Å². The van der Waals surface area contributed by atoms with Crippen LogP contribution in [0.3, 0.4) is 0 Å². The van der Waals surface area contributed by atoms with E-state index in [2.05, 4.69) is 9.37 Å². The van der Waals surface area contributed by atoms with Gasteiger partial charge < -0.3 is 9.47 Å². The Hall–Kier alpha value is 0.01000. The monoisotopic (exact) mass is 340 g/mol. The first kappa shape index (κ1) is 16.9. The molecule has 22 heavy (non-hydrogen) atoms. The Labute approximate surface area is 132 Å². The first-order valence-electron chi connectivity index (χ1n) is 7.88. The van der Waals surface area contributed by atoms with E-state index >= 15 is 0 Å². The molecular weight excluding hydrogens is 318 g/mol. The number of ether oxygens (including phenoxy) is 2. The van der Waals surface area contributed by atoms with Crippen molar-refractivity contribution in [1.29, 1.82) is 0 Å². The molecule has 3 aliphatic rings. The second kappa shape index (κ2) is 7.27. The number of alkyl halides is 2. The van der Waals surface area contributed by atoms with Crippen LogP contribution in [0.5, 0.6) is 0 Å². The van der Waals surface area contributed by atoms with E-state index in [-0.39, 0.29) is 42.7 Å². The zero-order chi connectivity index (χ0) is 15.6. The van der Waals surface area contributed by atoms with Crippen molar-refractivity contribution in [1.82, 2.24) is 0 Å². The highest BCUT2D eigenvalue weighted by Gasteiger charge is 2.50. The molecule has 0 spiro atoms. The molecule has 5 atom stereocenters. The summed E-state index contributed by atoms with van der Waals surface area (Å²) in [5.74, 6) is 0.610. The van der Waals surface area contributed by atoms with Crippen LogP contribution in [0.2, 0.25) is 0 Å². The Balaban J connectivity index is 1.45. The van der Waals surface area contributed by atoms with Gasteiger partial charge in [0.2, 0.25) is 0 Å². The van der Waals surface area contributed by atoms with E-state index in [4.69, 9.17) is 14.7 Å². The molecule has 0 amide bonds. The number of fused-ring (bicyclic) bond motifs is 2. The van der Waals surface area contributed by atoms with Gasteiger partial charge in [-0.15, -0.1) is 4.33 Å². The highest BCUT2D eigenvalue weighted by molar-refractivity contribution is 7.95. The van der Waals surface area contributed by atoms with Crippen LogP contribution in [-0.2, 0) is 18.8 Å². The molecule has 2 saturated carbocycles. The number of hydrogen-bond acceptors (Lipinski definition) is 6. The molecule has 0 aromatic heterocycles. The summed E-state index contributed by atoms with van der Waals surface area (Å²) in [6, 6.07) is 0. The van der Waals surface area contributed by atoms with E-state index < -0.39 is 5.25 Å². The molecule has 2 aliphatic carbocycles. The van der Waals surface area contributed by atoms with Crippen molar-refractivity contribution in [2.24, 2.45) is 17.8 Å². The van der Waals surface area contributed by atoms with Crippen LogP contribution in [0.25, 0.3) is 0 Å². The zero-order valence-electron chi connectivity index (χ0n) is 12.3. The van der Waals surface area contributed by atoms with Crippen LogP contribution in [0, 0.1) is 17.8 Å². The quantitative estimate of drug-likeness (QED) is 0.429. The smallest absolute Gasteiger partial charge is 0.321 e. The molecule has 1 aliphatic heterocycles. The first-order chi connectivity index (χ1) is 10.6. The van der Waals surface area contributed by atoms with Gasteiger partial charge in [0.15, 0.2) is 6.29 Å². The summed E-state index contributed by atoms with van der Waals surface area (Å²) in [5, 5.41) is 8.18. The highest BCUT2D eigenvalue weighted by Crippen LogP contribution is 2.54. The van der Waals surface area contributed by atoms with Crippen LogP contribution in [0.15, 0.2) is 0 Å². The molecule has 2 bridgehead atoms. The summed E-state index contributed by atoms with van der Waals surface area (Å²) >= 11 is -0.135. The lowest BCUT2D eigenvalue weighted by Crippen LogP contribution is -2.33. The van der Waals surface area contributed by atoms with Crippen LogP contribution >= 0.6 is 12.0 Å². The molecule has 0 radical (unpaired) electrons. The highest BCUT2D eigenvalue weighted by atomic mass is 32.2. The van der Waals surface area contributed by atoms with Gasteiger partial charge in [0.1, 0.15) is 12.0 Å². The van der Waals surface area contributed by atoms with Crippen molar-refractivity contribution < 1.29 is 32.9 Å². The lowest BCUT2D eigenvalue weighted by atomic mass is 9.85. The summed E-state index contributed by atoms with van der Waals surface area (Å²) in [7, 11) is 0. The lowest BCUT2D eigenvalue weighted by Gasteiger charge is -2.33. The van der Waals surface area contributed by atoms with Crippen LogP contribution in [-0.4, -0.2) is 29.5 Å². The molecule has 3 fully saturated rings. The van der Waals surface area contributed by atoms with Crippen molar-refractivity contribution in [2.75, 3.05) is 6.61 Å². The third-order valence-electron chi connectivity index (χ3n) is 5.09. The second-order valence-electron chi connectivity index (χ2n) is 6.53. The average molecular weight is 340 g/mol. The van der Waals surface area contributed by atoms with E-state index in [1.54, 1.807) is 0 Å². The minimum absolute atomic E-state index is 0.0260. The van der Waals surface area contributed by atoms with Gasteiger partial charge in [0.25, 0.3) is 0 Å². The Morgan fingerprint density at radius 1 is 1.18 bits per heavy atom. The molecule has 3 rings (SSSR count). The van der Waals surface area contributed by atoms with Gasteiger partial charge in [-0.05, 0) is 56.3 Å². The predicted octanol–water partition coefficient (Wildman–Crippen LogP) is 4.00. The van der Waals surface area contributed by atoms with Crippen molar-refractivity contribution in [3.05, 3.63) is 0 Å². The van der Waals surface area contributed by atoms with Crippen molar-refractivity contribution in [3.63, 3.8) is 0 Å². The Morgan fingerprint density at radius 3 is 2.68 bits per heavy atom. The molecule has 1 N–H and O–H groups in total. The summed E-state index contributed by atoms with van der Waals surface area (Å²) in [5.41, 5.74) is 0. The topological polar surface area (TPSA) is 57.2 Å². The molecule has 5 nitrogen and oxygen atoms in total. The van der Waals surface area contributed by atoms with E-state index in [0.717, 1.165) is 45.1 Å². The van der Waals surface area contributed by atoms with E-state index in [1.165, 1.54) is 0 Å². The Kier molecular flexibility index (Phi) is 5.57. The number of rotatable bonds is 7. The summed E-state index contributed by atoms with van der Waals surface area (Å²) in [4.78, 5) is 0. The van der Waals surface area contributed by atoms with E-state index in [1.807, 2.05) is 0 Å². The molecule has 0 aromatic rings. The third-order valence-corrected chi connectivity index (χ3v) is 5.63. The molecule has 1 saturated heterocycles. The maximum atomic E-state index is 13.7. The van der Waals surface area contributed by atoms with Gasteiger partial charge in [-0.25, -0.2) is 5.26 Å². The minimum Gasteiger partial charge on any atom is -0.353 e. The van der Waals surface area contributed by atoms with Crippen LogP contribution in [0.4, 0.5) is 8.78 Å². The second-order valence-corrected chi connectivity index (χ2v) is 7.43. The summed E-state index contributed by atoms with van der Waals surface area (Å²) < 4.78 is 42.8. The molecule has 0 aromatic carbocycles. The van der Waals surface area contributed by atoms with Gasteiger partial charge in [0.05, 0.1) is 6.10 Å². The standard InChI is InChI=1S/C14H22F2O5S/c15-14(16,22-21-20-17)8-11-6-10-5-9(11)7-12(10)19-13-3-1-2-4-18-13/h9-13,17H,1-8H2. The first-order valence-corrected chi connectivity index (χ1v) is 8.62. The molecule has 5 unspecified atom stereocenters. The Morgan fingerprint density at radius 2 is 2.05 bits per heavy atom. The van der Waals surface area contributed by atoms with Crippen molar-refractivity contribution in [3.8, 4) is 0 Å². The minimum atomic E-state index is -3.05. The van der Waals surface area contributed by atoms with Gasteiger partial charge in [-0.2, -0.15) is 8.78 Å². The Bertz CT molecular complexity index is 367. The van der Waals surface area contributed by atoms with Gasteiger partial charge in [-0.1, -0.05) is 5.04 Å². The fourth-order valence-electron chi connectivity index (χ4n) is 4.18. The van der Waals surface area contributed by atoms with Crippen LogP contribution < -0.4 is 0 Å². The SMILES string of the molecule is OOOSC(F)(F)CC1CC2CC1CC2OC1CCCCO1. The molecule has 1 heterocycles. The average Bonchev–Trinajstić information content (AvgIpc) is 3.05. The molecule has 128 valence electrons. The molecular formula is C14H22F2O5S. The fourth-order valence-corrected chi connectivity index (χ4v) is 4.59.